The third-order valence-electron chi connectivity index (χ3n) is 3.70. The van der Waals surface area contributed by atoms with E-state index in [9.17, 15) is 4.79 Å². The monoisotopic (exact) mass is 324 g/mol. The largest absolute Gasteiger partial charge is 0.457 e. The number of esters is 1. The zero-order valence-corrected chi connectivity index (χ0v) is 16.4. The van der Waals surface area contributed by atoms with Crippen LogP contribution in [0, 0.1) is 5.92 Å². The molecule has 3 nitrogen and oxygen atoms in total. The van der Waals surface area contributed by atoms with Gasteiger partial charge in [0.2, 0.25) is 0 Å². The molecule has 0 rings (SSSR count). The van der Waals surface area contributed by atoms with E-state index >= 15 is 0 Å². The Morgan fingerprint density at radius 3 is 2.30 bits per heavy atom. The fourth-order valence-electron chi connectivity index (χ4n) is 2.15. The molecule has 0 aromatic rings. The zero-order chi connectivity index (χ0) is 18.1. The van der Waals surface area contributed by atoms with E-state index in [0.29, 0.717) is 5.92 Å². The number of hydrogen-bond acceptors (Lipinski definition) is 3. The smallest absolute Gasteiger partial charge is 0.331 e. The van der Waals surface area contributed by atoms with Crippen molar-refractivity contribution >= 4 is 5.97 Å². The number of allylic oxidation sites excluding steroid dienone is 3. The third-order valence-corrected chi connectivity index (χ3v) is 3.70. The van der Waals surface area contributed by atoms with Gasteiger partial charge in [-0.2, -0.15) is 0 Å². The lowest BCUT2D eigenvalue weighted by Crippen LogP contribution is -2.22. The van der Waals surface area contributed by atoms with E-state index in [4.69, 9.17) is 9.47 Å². The van der Waals surface area contributed by atoms with Crippen LogP contribution in [0.25, 0.3) is 0 Å². The normalized spacial score (nSPS) is 15.0. The minimum atomic E-state index is -0.442. The van der Waals surface area contributed by atoms with Crippen molar-refractivity contribution in [3.8, 4) is 0 Å². The van der Waals surface area contributed by atoms with E-state index in [-0.39, 0.29) is 11.6 Å². The van der Waals surface area contributed by atoms with Crippen molar-refractivity contribution in [3.63, 3.8) is 0 Å². The van der Waals surface area contributed by atoms with Crippen LogP contribution in [0.15, 0.2) is 23.8 Å². The van der Waals surface area contributed by atoms with Crippen LogP contribution < -0.4 is 0 Å². The average molecular weight is 325 g/mol. The van der Waals surface area contributed by atoms with Crippen molar-refractivity contribution in [2.24, 2.45) is 5.92 Å². The summed E-state index contributed by atoms with van der Waals surface area (Å²) in [5.74, 6) is 0.350. The molecule has 0 spiro atoms. The summed E-state index contributed by atoms with van der Waals surface area (Å²) in [6.45, 7) is 14.1. The molecule has 0 aromatic carbocycles. The summed E-state index contributed by atoms with van der Waals surface area (Å²) in [5.41, 5.74) is 0.455. The van der Waals surface area contributed by atoms with Crippen LogP contribution >= 0.6 is 0 Å². The molecule has 0 amide bonds. The molecule has 0 saturated carbocycles. The van der Waals surface area contributed by atoms with E-state index in [2.05, 4.69) is 26.8 Å². The fraction of sp³-hybridized carbons (Fsp3) is 0.750. The van der Waals surface area contributed by atoms with Gasteiger partial charge in [0.15, 0.2) is 0 Å². The maximum atomic E-state index is 11.7. The minimum Gasteiger partial charge on any atom is -0.457 e. The van der Waals surface area contributed by atoms with Crippen LogP contribution in [-0.2, 0) is 14.3 Å². The van der Waals surface area contributed by atoms with E-state index < -0.39 is 5.60 Å². The number of hydrogen-bond donors (Lipinski definition) is 0. The molecule has 0 aromatic heterocycles. The second-order valence-corrected chi connectivity index (χ2v) is 8.02. The van der Waals surface area contributed by atoms with Crippen LogP contribution in [0.2, 0.25) is 0 Å². The molecule has 0 fully saturated rings. The van der Waals surface area contributed by atoms with Crippen LogP contribution in [0.4, 0.5) is 0 Å². The van der Waals surface area contributed by atoms with E-state index in [1.54, 1.807) is 13.2 Å². The van der Waals surface area contributed by atoms with Crippen molar-refractivity contribution in [2.45, 2.75) is 85.4 Å². The first kappa shape index (κ1) is 21.9. The molecule has 0 radical (unpaired) electrons. The fourth-order valence-corrected chi connectivity index (χ4v) is 2.15. The molecule has 0 aliphatic carbocycles. The molecule has 0 aliphatic heterocycles. The highest BCUT2D eigenvalue weighted by molar-refractivity contribution is 5.83. The zero-order valence-electron chi connectivity index (χ0n) is 16.4. The van der Waals surface area contributed by atoms with Crippen LogP contribution in [-0.4, -0.2) is 24.3 Å². The molecule has 0 N–H and O–H groups in total. The summed E-state index contributed by atoms with van der Waals surface area (Å²) in [7, 11) is 1.77. The Morgan fingerprint density at radius 1 is 1.17 bits per heavy atom. The molecular formula is C20H36O3. The number of ether oxygens (including phenoxy) is 2. The van der Waals surface area contributed by atoms with Crippen LogP contribution in [0.1, 0.15) is 74.1 Å². The molecule has 23 heavy (non-hydrogen) atoms. The highest BCUT2D eigenvalue weighted by Gasteiger charge is 2.16. The van der Waals surface area contributed by atoms with Crippen molar-refractivity contribution in [1.82, 2.24) is 0 Å². The molecule has 0 bridgehead atoms. The van der Waals surface area contributed by atoms with Gasteiger partial charge in [-0.1, -0.05) is 31.9 Å². The molecule has 1 atom stereocenters. The quantitative estimate of drug-likeness (QED) is 0.321. The first-order valence-corrected chi connectivity index (χ1v) is 8.58. The van der Waals surface area contributed by atoms with Crippen LogP contribution in [0.5, 0.6) is 0 Å². The molecule has 0 aliphatic rings. The summed E-state index contributed by atoms with van der Waals surface area (Å²) in [6, 6.07) is 0. The maximum absolute atomic E-state index is 11.7. The highest BCUT2D eigenvalue weighted by atomic mass is 16.6. The Labute approximate surface area is 143 Å². The SMILES string of the molecule is COC(C)(C)CCCC(C)CC=CC(C)=CC(=O)OC(C)(C)C. The van der Waals surface area contributed by atoms with Gasteiger partial charge in [0.1, 0.15) is 5.60 Å². The molecule has 134 valence electrons. The number of carbonyl (C=O) groups is 1. The summed E-state index contributed by atoms with van der Waals surface area (Å²) < 4.78 is 10.7. The van der Waals surface area contributed by atoms with Crippen molar-refractivity contribution in [2.75, 3.05) is 7.11 Å². The Hall–Kier alpha value is -1.09. The Kier molecular flexibility index (Phi) is 9.45. The predicted octanol–water partition coefficient (Wildman–Crippen LogP) is 5.45. The summed E-state index contributed by atoms with van der Waals surface area (Å²) in [6.07, 6.45) is 10.1. The van der Waals surface area contributed by atoms with Gasteiger partial charge in [-0.05, 0) is 65.9 Å². The lowest BCUT2D eigenvalue weighted by molar-refractivity contribution is -0.148. The van der Waals surface area contributed by atoms with Crippen molar-refractivity contribution in [1.29, 1.82) is 0 Å². The van der Waals surface area contributed by atoms with Gasteiger partial charge in [-0.25, -0.2) is 4.79 Å². The Balaban J connectivity index is 4.14. The lowest BCUT2D eigenvalue weighted by Gasteiger charge is -2.23. The van der Waals surface area contributed by atoms with Gasteiger partial charge in [-0.3, -0.25) is 0 Å². The topological polar surface area (TPSA) is 35.5 Å². The first-order chi connectivity index (χ1) is 10.4. The van der Waals surface area contributed by atoms with Gasteiger partial charge in [0, 0.05) is 13.2 Å². The summed E-state index contributed by atoms with van der Waals surface area (Å²) >= 11 is 0. The molecule has 1 unspecified atom stereocenters. The van der Waals surface area contributed by atoms with Gasteiger partial charge < -0.3 is 9.47 Å². The molecule has 3 heteroatoms. The first-order valence-electron chi connectivity index (χ1n) is 8.58. The second kappa shape index (κ2) is 9.92. The molecular weight excluding hydrogens is 288 g/mol. The Bertz CT molecular complexity index is 411. The number of methoxy groups -OCH3 is 1. The predicted molar refractivity (Wildman–Crippen MR) is 97.5 cm³/mol. The van der Waals surface area contributed by atoms with E-state index in [1.807, 2.05) is 33.8 Å². The molecule has 0 saturated heterocycles. The standard InChI is InChI=1S/C20H36O3/c1-16(13-10-14-20(6,7)22-8)11-9-12-17(2)15-18(21)23-19(3,4)5/h9,12,15-16H,10-11,13-14H2,1-8H3. The molecule has 0 heterocycles. The van der Waals surface area contributed by atoms with E-state index in [1.165, 1.54) is 12.8 Å². The lowest BCUT2D eigenvalue weighted by atomic mass is 9.95. The van der Waals surface area contributed by atoms with Crippen molar-refractivity contribution in [3.05, 3.63) is 23.8 Å². The number of rotatable bonds is 9. The Morgan fingerprint density at radius 2 is 1.78 bits per heavy atom. The van der Waals surface area contributed by atoms with Gasteiger partial charge in [0.05, 0.1) is 5.60 Å². The van der Waals surface area contributed by atoms with E-state index in [0.717, 1.165) is 18.4 Å². The maximum Gasteiger partial charge on any atom is 0.331 e. The van der Waals surface area contributed by atoms with Gasteiger partial charge >= 0.3 is 5.97 Å². The summed E-state index contributed by atoms with van der Waals surface area (Å²) in [4.78, 5) is 11.7. The van der Waals surface area contributed by atoms with Gasteiger partial charge in [0.25, 0.3) is 0 Å². The van der Waals surface area contributed by atoms with Crippen LogP contribution in [0.3, 0.4) is 0 Å². The second-order valence-electron chi connectivity index (χ2n) is 8.02. The third kappa shape index (κ3) is 13.1. The highest BCUT2D eigenvalue weighted by Crippen LogP contribution is 2.20. The van der Waals surface area contributed by atoms with Crippen molar-refractivity contribution < 1.29 is 14.3 Å². The summed E-state index contributed by atoms with van der Waals surface area (Å²) in [5, 5.41) is 0. The average Bonchev–Trinajstić information content (AvgIpc) is 2.35. The van der Waals surface area contributed by atoms with Gasteiger partial charge in [-0.15, -0.1) is 0 Å². The number of carbonyl (C=O) groups excluding carboxylic acids is 1. The minimum absolute atomic E-state index is 0.0255.